The highest BCUT2D eigenvalue weighted by Gasteiger charge is 2.05. The van der Waals surface area contributed by atoms with Crippen LogP contribution >= 0.6 is 0 Å². The first-order valence-electron chi connectivity index (χ1n) is 7.81. The van der Waals surface area contributed by atoms with Crippen LogP contribution < -0.4 is 16.2 Å². The van der Waals surface area contributed by atoms with Gasteiger partial charge in [-0.05, 0) is 42.8 Å². The Balaban J connectivity index is 1.68. The van der Waals surface area contributed by atoms with Crippen molar-refractivity contribution < 1.29 is 4.79 Å². The van der Waals surface area contributed by atoms with E-state index in [0.29, 0.717) is 11.4 Å². The Bertz CT molecular complexity index is 962. The van der Waals surface area contributed by atoms with Crippen molar-refractivity contribution in [3.05, 3.63) is 76.6 Å². The molecule has 0 unspecified atom stereocenters. The second-order valence-corrected chi connectivity index (χ2v) is 5.71. The molecule has 1 aromatic heterocycles. The van der Waals surface area contributed by atoms with E-state index >= 15 is 0 Å². The zero-order valence-corrected chi connectivity index (χ0v) is 14.0. The van der Waals surface area contributed by atoms with Gasteiger partial charge in [-0.2, -0.15) is 5.10 Å². The summed E-state index contributed by atoms with van der Waals surface area (Å²) in [5, 5.41) is 9.78. The topological polar surface area (TPSA) is 76.0 Å². The van der Waals surface area contributed by atoms with Gasteiger partial charge in [0.15, 0.2) is 0 Å². The number of hydrogen-bond donors (Lipinski definition) is 2. The molecule has 2 aromatic carbocycles. The number of aromatic nitrogens is 2. The van der Waals surface area contributed by atoms with Crippen LogP contribution in [-0.2, 0) is 7.05 Å². The van der Waals surface area contributed by atoms with E-state index in [9.17, 15) is 9.59 Å². The lowest BCUT2D eigenvalue weighted by atomic mass is 10.1. The number of hydrogen-bond acceptors (Lipinski definition) is 3. The molecule has 3 aromatic rings. The van der Waals surface area contributed by atoms with Crippen molar-refractivity contribution in [2.45, 2.75) is 6.92 Å². The summed E-state index contributed by atoms with van der Waals surface area (Å²) in [7, 11) is 1.61. The van der Waals surface area contributed by atoms with Gasteiger partial charge < -0.3 is 10.6 Å². The number of nitrogens with zero attached hydrogens (tertiary/aromatic N) is 2. The summed E-state index contributed by atoms with van der Waals surface area (Å²) in [6, 6.07) is 17.7. The molecule has 3 rings (SSSR count). The molecule has 2 N–H and O–H groups in total. The van der Waals surface area contributed by atoms with E-state index in [2.05, 4.69) is 15.7 Å². The number of amides is 2. The zero-order valence-electron chi connectivity index (χ0n) is 14.0. The molecule has 0 spiro atoms. The number of carbonyl (C=O) groups excluding carboxylic acids is 1. The Morgan fingerprint density at radius 2 is 1.68 bits per heavy atom. The first-order valence-corrected chi connectivity index (χ1v) is 7.81. The minimum absolute atomic E-state index is 0.158. The Labute approximate surface area is 145 Å². The molecule has 6 heteroatoms. The maximum Gasteiger partial charge on any atom is 0.323 e. The van der Waals surface area contributed by atoms with Crippen molar-refractivity contribution >= 4 is 17.4 Å². The summed E-state index contributed by atoms with van der Waals surface area (Å²) >= 11 is 0. The minimum atomic E-state index is -0.307. The lowest BCUT2D eigenvalue weighted by Gasteiger charge is -2.09. The van der Waals surface area contributed by atoms with Crippen LogP contribution in [0.1, 0.15) is 5.56 Å². The highest BCUT2D eigenvalue weighted by Crippen LogP contribution is 2.19. The second-order valence-electron chi connectivity index (χ2n) is 5.71. The molecule has 0 radical (unpaired) electrons. The summed E-state index contributed by atoms with van der Waals surface area (Å²) in [5.41, 5.74) is 3.88. The summed E-state index contributed by atoms with van der Waals surface area (Å²) in [6.07, 6.45) is 0. The second kappa shape index (κ2) is 7.00. The van der Waals surface area contributed by atoms with E-state index in [-0.39, 0.29) is 11.6 Å². The summed E-state index contributed by atoms with van der Waals surface area (Å²) in [6.45, 7) is 1.97. The van der Waals surface area contributed by atoms with Crippen molar-refractivity contribution in [3.63, 3.8) is 0 Å². The summed E-state index contributed by atoms with van der Waals surface area (Å²) in [4.78, 5) is 23.5. The summed E-state index contributed by atoms with van der Waals surface area (Å²) < 4.78 is 1.29. The number of aryl methyl sites for hydroxylation is 2. The van der Waals surface area contributed by atoms with Gasteiger partial charge in [-0.25, -0.2) is 9.48 Å². The molecule has 1 heterocycles. The largest absolute Gasteiger partial charge is 0.323 e. The van der Waals surface area contributed by atoms with Crippen molar-refractivity contribution in [1.29, 1.82) is 0 Å². The van der Waals surface area contributed by atoms with Gasteiger partial charge in [0.1, 0.15) is 0 Å². The van der Waals surface area contributed by atoms with Crippen molar-refractivity contribution in [1.82, 2.24) is 9.78 Å². The third kappa shape index (κ3) is 4.11. The smallest absolute Gasteiger partial charge is 0.308 e. The summed E-state index contributed by atoms with van der Waals surface area (Å²) in [5.74, 6) is 0. The van der Waals surface area contributed by atoms with Gasteiger partial charge >= 0.3 is 6.03 Å². The van der Waals surface area contributed by atoms with Crippen LogP contribution in [0, 0.1) is 6.92 Å². The molecule has 0 fully saturated rings. The van der Waals surface area contributed by atoms with Gasteiger partial charge in [0.25, 0.3) is 5.56 Å². The molecular weight excluding hydrogens is 316 g/mol. The number of nitrogens with one attached hydrogen (secondary N) is 2. The Morgan fingerprint density at radius 3 is 2.36 bits per heavy atom. The molecular formula is C19H18N4O2. The van der Waals surface area contributed by atoms with Crippen molar-refractivity contribution in [2.75, 3.05) is 10.6 Å². The van der Waals surface area contributed by atoms with E-state index in [4.69, 9.17) is 0 Å². The molecule has 6 nitrogen and oxygen atoms in total. The average Bonchev–Trinajstić information content (AvgIpc) is 2.58. The number of carbonyl (C=O) groups is 1. The first kappa shape index (κ1) is 16.4. The SMILES string of the molecule is Cc1cccc(NC(=O)Nc2ccc(-c3ccc(=O)n(C)n3)cc2)c1. The predicted molar refractivity (Wildman–Crippen MR) is 98.7 cm³/mol. The Morgan fingerprint density at radius 1 is 0.960 bits per heavy atom. The third-order valence-corrected chi connectivity index (χ3v) is 3.67. The fourth-order valence-electron chi connectivity index (χ4n) is 2.40. The standard InChI is InChI=1S/C19H18N4O2/c1-13-4-3-5-16(12-13)21-19(25)20-15-8-6-14(7-9-15)17-10-11-18(24)23(2)22-17/h3-12H,1-2H3,(H2,20,21,25). The van der Waals surface area contributed by atoms with Gasteiger partial charge in [-0.15, -0.1) is 0 Å². The fourth-order valence-corrected chi connectivity index (χ4v) is 2.40. The van der Waals surface area contributed by atoms with Crippen LogP contribution in [0.25, 0.3) is 11.3 Å². The molecule has 0 atom stereocenters. The molecule has 25 heavy (non-hydrogen) atoms. The fraction of sp³-hybridized carbons (Fsp3) is 0.105. The maximum atomic E-state index is 12.1. The molecule has 0 aliphatic rings. The van der Waals surface area contributed by atoms with E-state index < -0.39 is 0 Å². The van der Waals surface area contributed by atoms with Crippen LogP contribution in [0.5, 0.6) is 0 Å². The van der Waals surface area contributed by atoms with Crippen LogP contribution in [-0.4, -0.2) is 15.8 Å². The average molecular weight is 334 g/mol. The van der Waals surface area contributed by atoms with Crippen LogP contribution in [0.2, 0.25) is 0 Å². The Hall–Kier alpha value is -3.41. The van der Waals surface area contributed by atoms with Crippen molar-refractivity contribution in [2.24, 2.45) is 7.05 Å². The molecule has 0 bridgehead atoms. The third-order valence-electron chi connectivity index (χ3n) is 3.67. The molecule has 0 aliphatic heterocycles. The molecule has 0 saturated heterocycles. The zero-order chi connectivity index (χ0) is 17.8. The van der Waals surface area contributed by atoms with Crippen LogP contribution in [0.15, 0.2) is 65.5 Å². The van der Waals surface area contributed by atoms with E-state index in [1.165, 1.54) is 10.7 Å². The molecule has 0 saturated carbocycles. The lowest BCUT2D eigenvalue weighted by molar-refractivity contribution is 0.262. The highest BCUT2D eigenvalue weighted by atomic mass is 16.2. The normalized spacial score (nSPS) is 10.3. The van der Waals surface area contributed by atoms with Gasteiger partial charge in [-0.1, -0.05) is 24.3 Å². The quantitative estimate of drug-likeness (QED) is 0.771. The van der Waals surface area contributed by atoms with E-state index in [0.717, 1.165) is 16.8 Å². The molecule has 126 valence electrons. The number of benzene rings is 2. The van der Waals surface area contributed by atoms with Crippen LogP contribution in [0.3, 0.4) is 0 Å². The molecule has 0 aliphatic carbocycles. The van der Waals surface area contributed by atoms with Crippen LogP contribution in [0.4, 0.5) is 16.2 Å². The van der Waals surface area contributed by atoms with Gasteiger partial charge in [-0.3, -0.25) is 4.79 Å². The first-order chi connectivity index (χ1) is 12.0. The number of rotatable bonds is 3. The highest BCUT2D eigenvalue weighted by molar-refractivity contribution is 5.99. The molecule has 2 amide bonds. The maximum absolute atomic E-state index is 12.1. The van der Waals surface area contributed by atoms with E-state index in [1.807, 2.05) is 43.3 Å². The minimum Gasteiger partial charge on any atom is -0.308 e. The van der Waals surface area contributed by atoms with Gasteiger partial charge in [0.05, 0.1) is 5.69 Å². The lowest BCUT2D eigenvalue weighted by Crippen LogP contribution is -2.19. The van der Waals surface area contributed by atoms with Crippen molar-refractivity contribution in [3.8, 4) is 11.3 Å². The van der Waals surface area contributed by atoms with Gasteiger partial charge in [0, 0.05) is 30.1 Å². The monoisotopic (exact) mass is 334 g/mol. The predicted octanol–water partition coefficient (Wildman–Crippen LogP) is 3.40. The number of anilines is 2. The van der Waals surface area contributed by atoms with E-state index in [1.54, 1.807) is 25.2 Å². The number of urea groups is 1. The van der Waals surface area contributed by atoms with Gasteiger partial charge in [0.2, 0.25) is 0 Å². The Kier molecular flexibility index (Phi) is 4.61.